The van der Waals surface area contributed by atoms with Gasteiger partial charge in [0.25, 0.3) is 0 Å². The van der Waals surface area contributed by atoms with Crippen LogP contribution in [0.25, 0.3) is 0 Å². The van der Waals surface area contributed by atoms with Gasteiger partial charge in [0.1, 0.15) is 5.76 Å². The molecule has 0 radical (unpaired) electrons. The zero-order valence-electron chi connectivity index (χ0n) is 15.5. The minimum atomic E-state index is -0.210. The van der Waals surface area contributed by atoms with Crippen LogP contribution >= 0.6 is 11.8 Å². The van der Waals surface area contributed by atoms with Crippen molar-refractivity contribution >= 4 is 35.1 Å². The van der Waals surface area contributed by atoms with Gasteiger partial charge in [-0.15, -0.1) is 11.8 Å². The summed E-state index contributed by atoms with van der Waals surface area (Å²) in [6, 6.07) is 9.72. The number of hydrogen-bond acceptors (Lipinski definition) is 6. The molecule has 0 unspecified atom stereocenters. The van der Waals surface area contributed by atoms with Gasteiger partial charge >= 0.3 is 0 Å². The maximum atomic E-state index is 12.2. The predicted molar refractivity (Wildman–Crippen MR) is 104 cm³/mol. The Hall–Kier alpha value is -2.48. The van der Waals surface area contributed by atoms with Crippen molar-refractivity contribution < 1.29 is 14.1 Å². The van der Waals surface area contributed by atoms with Crippen LogP contribution in [0.2, 0.25) is 0 Å². The van der Waals surface area contributed by atoms with Crippen molar-refractivity contribution in [3.63, 3.8) is 0 Å². The lowest BCUT2D eigenvalue weighted by molar-refractivity contribution is -0.127. The van der Waals surface area contributed by atoms with E-state index in [0.717, 1.165) is 11.3 Å². The smallest absolute Gasteiger partial charge is 0.235 e. The van der Waals surface area contributed by atoms with E-state index in [-0.39, 0.29) is 23.3 Å². The van der Waals surface area contributed by atoms with Crippen molar-refractivity contribution in [2.45, 2.75) is 13.5 Å². The monoisotopic (exact) mass is 376 g/mol. The van der Waals surface area contributed by atoms with Crippen LogP contribution in [0.4, 0.5) is 11.5 Å². The summed E-state index contributed by atoms with van der Waals surface area (Å²) in [7, 11) is 5.74. The lowest BCUT2D eigenvalue weighted by Gasteiger charge is -2.18. The summed E-state index contributed by atoms with van der Waals surface area (Å²) in [4.78, 5) is 27.7. The highest BCUT2D eigenvalue weighted by Crippen LogP contribution is 2.14. The Morgan fingerprint density at radius 1 is 1.15 bits per heavy atom. The first-order valence-electron chi connectivity index (χ1n) is 8.16. The molecule has 2 amide bonds. The summed E-state index contributed by atoms with van der Waals surface area (Å²) in [5, 5.41) is 6.32. The fourth-order valence-electron chi connectivity index (χ4n) is 2.21. The molecule has 1 aromatic carbocycles. The number of nitrogens with one attached hydrogen (secondary N) is 1. The zero-order chi connectivity index (χ0) is 19.1. The average Bonchev–Trinajstić information content (AvgIpc) is 2.99. The van der Waals surface area contributed by atoms with E-state index in [0.29, 0.717) is 18.1 Å². The number of thioether (sulfide) groups is 1. The van der Waals surface area contributed by atoms with Crippen LogP contribution in [0, 0.1) is 6.92 Å². The molecular weight excluding hydrogens is 352 g/mol. The molecule has 140 valence electrons. The normalized spacial score (nSPS) is 10.5. The third kappa shape index (κ3) is 6.11. The molecule has 0 aliphatic rings. The molecule has 7 nitrogen and oxygen atoms in total. The number of benzene rings is 1. The topological polar surface area (TPSA) is 78.7 Å². The Labute approximate surface area is 157 Å². The molecule has 1 heterocycles. The van der Waals surface area contributed by atoms with E-state index in [4.69, 9.17) is 4.52 Å². The summed E-state index contributed by atoms with van der Waals surface area (Å²) in [6.45, 7) is 2.29. The second-order valence-corrected chi connectivity index (χ2v) is 7.16. The van der Waals surface area contributed by atoms with Gasteiger partial charge in [-0.05, 0) is 24.6 Å². The number of aryl methyl sites for hydroxylation is 1. The highest BCUT2D eigenvalue weighted by molar-refractivity contribution is 8.00. The molecule has 0 fully saturated rings. The van der Waals surface area contributed by atoms with Crippen molar-refractivity contribution in [2.24, 2.45) is 0 Å². The van der Waals surface area contributed by atoms with Crippen molar-refractivity contribution in [1.82, 2.24) is 10.1 Å². The lowest BCUT2D eigenvalue weighted by Crippen LogP contribution is -2.28. The van der Waals surface area contributed by atoms with E-state index < -0.39 is 0 Å². The number of hydrogen-bond donors (Lipinski definition) is 1. The largest absolute Gasteiger partial charge is 0.378 e. The summed E-state index contributed by atoms with van der Waals surface area (Å²) in [6.07, 6.45) is 0. The highest BCUT2D eigenvalue weighted by atomic mass is 32.2. The van der Waals surface area contributed by atoms with Gasteiger partial charge in [0.15, 0.2) is 5.82 Å². The molecule has 8 heteroatoms. The molecular formula is C18H24N4O3S. The standard InChI is InChI=1S/C18H24N4O3S/c1-13-9-16(20-25-13)19-17(23)11-26-12-18(24)22(4)10-14-5-7-15(8-6-14)21(2)3/h5-9H,10-12H2,1-4H3,(H,19,20,23). The minimum Gasteiger partial charge on any atom is -0.378 e. The molecule has 0 spiro atoms. The van der Waals surface area contributed by atoms with Crippen LogP contribution in [0.3, 0.4) is 0 Å². The lowest BCUT2D eigenvalue weighted by atomic mass is 10.2. The maximum absolute atomic E-state index is 12.2. The number of nitrogens with zero attached hydrogens (tertiary/aromatic N) is 3. The van der Waals surface area contributed by atoms with Crippen LogP contribution in [0.5, 0.6) is 0 Å². The SMILES string of the molecule is Cc1cc(NC(=O)CSCC(=O)N(C)Cc2ccc(N(C)C)cc2)no1. The average molecular weight is 376 g/mol. The minimum absolute atomic E-state index is 0.0169. The summed E-state index contributed by atoms with van der Waals surface area (Å²) in [5.74, 6) is 1.22. The molecule has 1 N–H and O–H groups in total. The summed E-state index contributed by atoms with van der Waals surface area (Å²) >= 11 is 1.27. The fourth-order valence-corrected chi connectivity index (χ4v) is 2.96. The molecule has 0 bridgehead atoms. The molecule has 0 saturated heterocycles. The van der Waals surface area contributed by atoms with E-state index in [1.807, 2.05) is 43.3 Å². The van der Waals surface area contributed by atoms with Crippen LogP contribution in [0.1, 0.15) is 11.3 Å². The van der Waals surface area contributed by atoms with E-state index >= 15 is 0 Å². The molecule has 0 saturated carbocycles. The number of carbonyl (C=O) groups excluding carboxylic acids is 2. The first-order chi connectivity index (χ1) is 12.3. The van der Waals surface area contributed by atoms with Gasteiger partial charge in [0.05, 0.1) is 11.5 Å². The fraction of sp³-hybridized carbons (Fsp3) is 0.389. The molecule has 0 aliphatic carbocycles. The molecule has 0 atom stereocenters. The second kappa shape index (κ2) is 9.28. The van der Waals surface area contributed by atoms with E-state index in [2.05, 4.69) is 10.5 Å². The van der Waals surface area contributed by atoms with Gasteiger partial charge in [0.2, 0.25) is 11.8 Å². The Morgan fingerprint density at radius 2 is 1.85 bits per heavy atom. The van der Waals surface area contributed by atoms with E-state index in [1.54, 1.807) is 24.9 Å². The molecule has 2 rings (SSSR count). The molecule has 2 aromatic rings. The Kier molecular flexibility index (Phi) is 7.08. The summed E-state index contributed by atoms with van der Waals surface area (Å²) < 4.78 is 4.88. The van der Waals surface area contributed by atoms with Crippen LogP contribution in [-0.4, -0.2) is 54.5 Å². The van der Waals surface area contributed by atoms with Crippen LogP contribution in [0.15, 0.2) is 34.9 Å². The molecule has 1 aromatic heterocycles. The number of amides is 2. The predicted octanol–water partition coefficient (Wildman–Crippen LogP) is 2.38. The highest BCUT2D eigenvalue weighted by Gasteiger charge is 2.12. The van der Waals surface area contributed by atoms with Gasteiger partial charge in [-0.25, -0.2) is 0 Å². The van der Waals surface area contributed by atoms with Crippen molar-refractivity contribution in [2.75, 3.05) is 42.9 Å². The Bertz CT molecular complexity index is 743. The zero-order valence-corrected chi connectivity index (χ0v) is 16.3. The van der Waals surface area contributed by atoms with Gasteiger partial charge in [-0.1, -0.05) is 17.3 Å². The van der Waals surface area contributed by atoms with Gasteiger partial charge in [-0.2, -0.15) is 0 Å². The number of aromatic nitrogens is 1. The number of anilines is 2. The Morgan fingerprint density at radius 3 is 2.42 bits per heavy atom. The van der Waals surface area contributed by atoms with Crippen molar-refractivity contribution in [3.8, 4) is 0 Å². The first-order valence-corrected chi connectivity index (χ1v) is 9.32. The van der Waals surface area contributed by atoms with Gasteiger partial charge in [0, 0.05) is 39.4 Å². The van der Waals surface area contributed by atoms with E-state index in [9.17, 15) is 9.59 Å². The number of rotatable bonds is 8. The van der Waals surface area contributed by atoms with Crippen LogP contribution < -0.4 is 10.2 Å². The first kappa shape index (κ1) is 19.8. The van der Waals surface area contributed by atoms with Crippen LogP contribution in [-0.2, 0) is 16.1 Å². The van der Waals surface area contributed by atoms with Gasteiger partial charge < -0.3 is 19.6 Å². The van der Waals surface area contributed by atoms with Gasteiger partial charge in [-0.3, -0.25) is 9.59 Å². The molecule has 26 heavy (non-hydrogen) atoms. The third-order valence-corrected chi connectivity index (χ3v) is 4.57. The number of carbonyl (C=O) groups is 2. The van der Waals surface area contributed by atoms with Crippen molar-refractivity contribution in [3.05, 3.63) is 41.7 Å². The quantitative estimate of drug-likeness (QED) is 0.762. The third-order valence-electron chi connectivity index (χ3n) is 3.65. The van der Waals surface area contributed by atoms with Crippen molar-refractivity contribution in [1.29, 1.82) is 0 Å². The maximum Gasteiger partial charge on any atom is 0.235 e. The Balaban J connectivity index is 1.72. The summed E-state index contributed by atoms with van der Waals surface area (Å²) in [5.41, 5.74) is 2.18. The molecule has 0 aliphatic heterocycles. The van der Waals surface area contributed by atoms with E-state index in [1.165, 1.54) is 11.8 Å². The second-order valence-electron chi connectivity index (χ2n) is 6.17.